The summed E-state index contributed by atoms with van der Waals surface area (Å²) in [5.74, 6) is 3.93. The van der Waals surface area contributed by atoms with Crippen molar-refractivity contribution in [3.63, 3.8) is 0 Å². The van der Waals surface area contributed by atoms with Gasteiger partial charge in [-0.1, -0.05) is 26.0 Å². The number of methoxy groups -OCH3 is 1. The highest BCUT2D eigenvalue weighted by Crippen LogP contribution is 2.52. The zero-order valence-corrected chi connectivity index (χ0v) is 21.2. The van der Waals surface area contributed by atoms with E-state index < -0.39 is 0 Å². The van der Waals surface area contributed by atoms with Gasteiger partial charge in [0.2, 0.25) is 0 Å². The first-order chi connectivity index (χ1) is 14.4. The van der Waals surface area contributed by atoms with E-state index in [1.807, 2.05) is 42.8 Å². The number of nitrogens with one attached hydrogen (secondary N) is 2. The average Bonchev–Trinajstić information content (AvgIpc) is 3.34. The highest BCUT2D eigenvalue weighted by Gasteiger charge is 2.59. The smallest absolute Gasteiger partial charge is 0.192 e. The molecule has 0 bridgehead atoms. The Balaban J connectivity index is 0.00000272. The monoisotopic (exact) mass is 540 g/mol. The maximum atomic E-state index is 5.94. The molecule has 1 aromatic heterocycles. The van der Waals surface area contributed by atoms with Crippen LogP contribution in [-0.4, -0.2) is 46.6 Å². The molecule has 2 fully saturated rings. The van der Waals surface area contributed by atoms with E-state index in [1.54, 1.807) is 7.11 Å². The molecule has 4 rings (SSSR count). The molecule has 2 N–H and O–H groups in total. The van der Waals surface area contributed by atoms with Gasteiger partial charge in [0.1, 0.15) is 11.6 Å². The number of aliphatic imine (C=N–C) groups is 1. The van der Waals surface area contributed by atoms with Crippen LogP contribution in [0.5, 0.6) is 5.75 Å². The van der Waals surface area contributed by atoms with Crippen molar-refractivity contribution in [2.75, 3.05) is 13.7 Å². The number of aromatic nitrogens is 3. The lowest BCUT2D eigenvalue weighted by Crippen LogP contribution is -2.67. The SMILES string of the molecule is COc1ccc(CN=C(NCc2nnc(C)n2C)NC2C3CCOC3C2(C)C)cc1.I. The lowest BCUT2D eigenvalue weighted by atomic mass is 9.57. The van der Waals surface area contributed by atoms with Crippen LogP contribution in [0.15, 0.2) is 29.3 Å². The van der Waals surface area contributed by atoms with Crippen LogP contribution in [0, 0.1) is 18.3 Å². The number of aryl methyl sites for hydroxylation is 1. The van der Waals surface area contributed by atoms with Crippen molar-refractivity contribution in [2.24, 2.45) is 23.4 Å². The summed E-state index contributed by atoms with van der Waals surface area (Å²) in [6.45, 7) is 8.47. The van der Waals surface area contributed by atoms with Gasteiger partial charge in [0, 0.05) is 31.0 Å². The molecule has 2 aliphatic rings. The topological polar surface area (TPSA) is 85.6 Å². The predicted octanol–water partition coefficient (Wildman–Crippen LogP) is 2.80. The quantitative estimate of drug-likeness (QED) is 0.333. The summed E-state index contributed by atoms with van der Waals surface area (Å²) in [7, 11) is 3.65. The average molecular weight is 540 g/mol. The van der Waals surface area contributed by atoms with Gasteiger partial charge in [0.05, 0.1) is 26.3 Å². The number of nitrogens with zero attached hydrogens (tertiary/aromatic N) is 4. The first kappa shape index (κ1) is 23.8. The van der Waals surface area contributed by atoms with Crippen LogP contribution in [0.25, 0.3) is 0 Å². The Morgan fingerprint density at radius 3 is 2.68 bits per heavy atom. The number of benzene rings is 1. The van der Waals surface area contributed by atoms with Crippen molar-refractivity contribution in [3.8, 4) is 5.75 Å². The Labute approximate surface area is 201 Å². The molecule has 3 atom stereocenters. The first-order valence-electron chi connectivity index (χ1n) is 10.5. The second kappa shape index (κ2) is 9.72. The minimum Gasteiger partial charge on any atom is -0.497 e. The molecular weight excluding hydrogens is 507 g/mol. The Morgan fingerprint density at radius 2 is 2.03 bits per heavy atom. The van der Waals surface area contributed by atoms with Crippen LogP contribution < -0.4 is 15.4 Å². The first-order valence-corrected chi connectivity index (χ1v) is 10.5. The van der Waals surface area contributed by atoms with Crippen LogP contribution in [0.2, 0.25) is 0 Å². The van der Waals surface area contributed by atoms with Gasteiger partial charge in [-0.2, -0.15) is 0 Å². The fourth-order valence-electron chi connectivity index (χ4n) is 4.59. The van der Waals surface area contributed by atoms with Gasteiger partial charge in [-0.3, -0.25) is 0 Å². The van der Waals surface area contributed by atoms with E-state index in [2.05, 4.69) is 34.7 Å². The lowest BCUT2D eigenvalue weighted by molar-refractivity contribution is -0.106. The summed E-state index contributed by atoms with van der Waals surface area (Å²) in [4.78, 5) is 4.86. The van der Waals surface area contributed by atoms with Crippen molar-refractivity contribution >= 4 is 29.9 Å². The molecule has 0 amide bonds. The van der Waals surface area contributed by atoms with Gasteiger partial charge in [-0.05, 0) is 31.0 Å². The molecule has 2 heterocycles. The van der Waals surface area contributed by atoms with E-state index in [0.717, 1.165) is 41.9 Å². The second-order valence-corrected chi connectivity index (χ2v) is 8.78. The highest BCUT2D eigenvalue weighted by atomic mass is 127. The number of hydrogen-bond donors (Lipinski definition) is 2. The molecule has 9 heteroatoms. The Bertz CT molecular complexity index is 911. The van der Waals surface area contributed by atoms with Gasteiger partial charge in [0.15, 0.2) is 11.8 Å². The third-order valence-corrected chi connectivity index (χ3v) is 6.57. The summed E-state index contributed by atoms with van der Waals surface area (Å²) < 4.78 is 13.2. The second-order valence-electron chi connectivity index (χ2n) is 8.78. The van der Waals surface area contributed by atoms with Gasteiger partial charge in [0.25, 0.3) is 0 Å². The van der Waals surface area contributed by atoms with Crippen LogP contribution in [0.4, 0.5) is 0 Å². The number of fused-ring (bicyclic) bond motifs is 1. The van der Waals surface area contributed by atoms with E-state index in [9.17, 15) is 0 Å². The minimum atomic E-state index is 0. The van der Waals surface area contributed by atoms with Crippen LogP contribution in [-0.2, 0) is 24.9 Å². The van der Waals surface area contributed by atoms with Crippen molar-refractivity contribution < 1.29 is 9.47 Å². The van der Waals surface area contributed by atoms with Gasteiger partial charge in [-0.15, -0.1) is 34.2 Å². The standard InChI is InChI=1S/C22H32N6O2.HI/c1-14-26-27-18(28(14)4)13-24-21(23-12-15-6-8-16(29-5)9-7-15)25-19-17-10-11-30-20(17)22(19,2)3;/h6-9,17,19-20H,10-13H2,1-5H3,(H2,23,24,25);1H. The van der Waals surface area contributed by atoms with E-state index in [-0.39, 0.29) is 29.4 Å². The molecular formula is C22H33IN6O2. The third-order valence-electron chi connectivity index (χ3n) is 6.57. The molecule has 1 aliphatic carbocycles. The van der Waals surface area contributed by atoms with Gasteiger partial charge >= 0.3 is 0 Å². The number of hydrogen-bond acceptors (Lipinski definition) is 5. The Hall–Kier alpha value is -1.88. The van der Waals surface area contributed by atoms with Crippen LogP contribution in [0.1, 0.15) is 37.5 Å². The molecule has 0 radical (unpaired) electrons. The summed E-state index contributed by atoms with van der Waals surface area (Å²) in [5, 5.41) is 15.5. The molecule has 1 aliphatic heterocycles. The molecule has 170 valence electrons. The summed E-state index contributed by atoms with van der Waals surface area (Å²) in [6, 6.07) is 8.33. The van der Waals surface area contributed by atoms with E-state index in [1.165, 1.54) is 0 Å². The number of guanidine groups is 1. The normalized spacial score (nSPS) is 24.0. The van der Waals surface area contributed by atoms with Crippen LogP contribution in [0.3, 0.4) is 0 Å². The van der Waals surface area contributed by atoms with E-state index in [4.69, 9.17) is 14.5 Å². The minimum absolute atomic E-state index is 0. The Morgan fingerprint density at radius 1 is 1.29 bits per heavy atom. The van der Waals surface area contributed by atoms with Crippen molar-refractivity contribution in [3.05, 3.63) is 41.5 Å². The zero-order chi connectivity index (χ0) is 21.3. The van der Waals surface area contributed by atoms with Gasteiger partial charge < -0.3 is 24.7 Å². The zero-order valence-electron chi connectivity index (χ0n) is 18.9. The molecule has 3 unspecified atom stereocenters. The maximum Gasteiger partial charge on any atom is 0.192 e. The van der Waals surface area contributed by atoms with E-state index >= 15 is 0 Å². The van der Waals surface area contributed by atoms with E-state index in [0.29, 0.717) is 31.2 Å². The molecule has 8 nitrogen and oxygen atoms in total. The number of rotatable bonds is 6. The van der Waals surface area contributed by atoms with Crippen molar-refractivity contribution in [1.29, 1.82) is 0 Å². The number of ether oxygens (including phenoxy) is 2. The molecule has 0 spiro atoms. The third kappa shape index (κ3) is 4.82. The molecule has 1 saturated heterocycles. The lowest BCUT2D eigenvalue weighted by Gasteiger charge is -2.54. The molecule has 1 aromatic carbocycles. The van der Waals surface area contributed by atoms with Crippen molar-refractivity contribution in [2.45, 2.75) is 52.4 Å². The van der Waals surface area contributed by atoms with Crippen molar-refractivity contribution in [1.82, 2.24) is 25.4 Å². The number of halogens is 1. The highest BCUT2D eigenvalue weighted by molar-refractivity contribution is 14.0. The maximum absolute atomic E-state index is 5.94. The Kier molecular flexibility index (Phi) is 7.46. The fourth-order valence-corrected chi connectivity index (χ4v) is 4.59. The van der Waals surface area contributed by atoms with Crippen LogP contribution >= 0.6 is 24.0 Å². The summed E-state index contributed by atoms with van der Waals surface area (Å²) >= 11 is 0. The fraction of sp³-hybridized carbons (Fsp3) is 0.591. The molecule has 31 heavy (non-hydrogen) atoms. The largest absolute Gasteiger partial charge is 0.497 e. The summed E-state index contributed by atoms with van der Waals surface area (Å²) in [5.41, 5.74) is 1.20. The molecule has 2 aromatic rings. The summed E-state index contributed by atoms with van der Waals surface area (Å²) in [6.07, 6.45) is 1.43. The molecule has 1 saturated carbocycles. The van der Waals surface area contributed by atoms with Gasteiger partial charge in [-0.25, -0.2) is 4.99 Å². The predicted molar refractivity (Wildman–Crippen MR) is 131 cm³/mol.